The summed E-state index contributed by atoms with van der Waals surface area (Å²) < 4.78 is 16.4. The third-order valence-corrected chi connectivity index (χ3v) is 7.82. The van der Waals surface area contributed by atoms with Gasteiger partial charge in [-0.25, -0.2) is 0 Å². The summed E-state index contributed by atoms with van der Waals surface area (Å²) >= 11 is 0. The molecule has 1 radical (unpaired) electrons. The monoisotopic (exact) mass is 678 g/mol. The van der Waals surface area contributed by atoms with Crippen LogP contribution in [0.2, 0.25) is 0 Å². The van der Waals surface area contributed by atoms with Crippen molar-refractivity contribution in [3.05, 3.63) is 0 Å². The topological polar surface area (TPSA) is 331 Å². The Morgan fingerprint density at radius 1 is 0.872 bits per heavy atom. The van der Waals surface area contributed by atoms with Crippen LogP contribution in [0.15, 0.2) is 0 Å². The van der Waals surface area contributed by atoms with Gasteiger partial charge in [0.25, 0.3) is 5.91 Å². The molecule has 0 aliphatic carbocycles. The van der Waals surface area contributed by atoms with Crippen LogP contribution in [0.3, 0.4) is 0 Å². The molecule has 2 saturated heterocycles. The molecule has 2 rings (SSSR count). The summed E-state index contributed by atoms with van der Waals surface area (Å²) in [6, 6.07) is -6.39. The van der Waals surface area contributed by atoms with E-state index in [2.05, 4.69) is 10.6 Å². The highest BCUT2D eigenvalue weighted by Gasteiger charge is 2.51. The molecule has 0 saturated carbocycles. The maximum atomic E-state index is 13.8. The van der Waals surface area contributed by atoms with Gasteiger partial charge in [-0.1, -0.05) is 0 Å². The average Bonchev–Trinajstić information content (AvgIpc) is 3.00. The second kappa shape index (κ2) is 17.3. The van der Waals surface area contributed by atoms with Gasteiger partial charge in [-0.2, -0.15) is 0 Å². The molecule has 2 aliphatic heterocycles. The van der Waals surface area contributed by atoms with Crippen molar-refractivity contribution in [1.82, 2.24) is 15.5 Å². The van der Waals surface area contributed by atoms with Crippen molar-refractivity contribution in [3.63, 3.8) is 0 Å². The number of nitrogens with zero attached hydrogens (tertiary/aromatic N) is 1. The lowest BCUT2D eigenvalue weighted by molar-refractivity contribution is -0.267. The summed E-state index contributed by atoms with van der Waals surface area (Å²) in [5.41, 5.74) is 11.4. The first kappa shape index (κ1) is 40.0. The van der Waals surface area contributed by atoms with Crippen molar-refractivity contribution in [3.8, 4) is 0 Å². The molecule has 0 aromatic rings. The fourth-order valence-electron chi connectivity index (χ4n) is 5.49. The van der Waals surface area contributed by atoms with Crippen molar-refractivity contribution >= 4 is 35.8 Å². The molecule has 20 heteroatoms. The lowest BCUT2D eigenvalue weighted by Crippen LogP contribution is -2.67. The van der Waals surface area contributed by atoms with Gasteiger partial charge in [0, 0.05) is 13.8 Å². The maximum absolute atomic E-state index is 13.8. The van der Waals surface area contributed by atoms with Gasteiger partial charge < -0.3 is 67.0 Å². The number of hydrogen-bond donors (Lipinski definition) is 10. The molecule has 0 spiro atoms. The van der Waals surface area contributed by atoms with E-state index in [4.69, 9.17) is 25.7 Å². The number of rotatable bonds is 14. The van der Waals surface area contributed by atoms with E-state index < -0.39 is 134 Å². The minimum absolute atomic E-state index is 0.326. The third-order valence-electron chi connectivity index (χ3n) is 7.82. The van der Waals surface area contributed by atoms with Crippen LogP contribution in [0.1, 0.15) is 34.1 Å². The number of aliphatic hydroxyl groups excluding tert-OH is 6. The van der Waals surface area contributed by atoms with Crippen molar-refractivity contribution in [1.29, 1.82) is 0 Å². The normalized spacial score (nSPS) is 33.4. The molecule has 3 unspecified atom stereocenters. The van der Waals surface area contributed by atoms with Crippen LogP contribution in [-0.2, 0) is 43.0 Å². The van der Waals surface area contributed by atoms with Crippen LogP contribution >= 0.6 is 0 Å². The van der Waals surface area contributed by atoms with E-state index in [1.54, 1.807) is 6.29 Å². The summed E-state index contributed by atoms with van der Waals surface area (Å²) in [5.74, 6) is -6.83. The second-order valence-electron chi connectivity index (χ2n) is 11.5. The van der Waals surface area contributed by atoms with Crippen LogP contribution < -0.4 is 22.1 Å². The van der Waals surface area contributed by atoms with Gasteiger partial charge in [-0.3, -0.25) is 33.7 Å². The number of ether oxygens (including phenoxy) is 3. The molecule has 0 aromatic carbocycles. The Morgan fingerprint density at radius 2 is 1.40 bits per heavy atom. The molecule has 20 nitrogen and oxygen atoms in total. The van der Waals surface area contributed by atoms with E-state index in [-0.39, 0.29) is 0 Å². The van der Waals surface area contributed by atoms with E-state index in [9.17, 15) is 59.4 Å². The first-order valence-electron chi connectivity index (χ1n) is 14.7. The van der Waals surface area contributed by atoms with Gasteiger partial charge >= 0.3 is 0 Å². The molecular weight excluding hydrogens is 634 g/mol. The van der Waals surface area contributed by atoms with Crippen LogP contribution in [-0.4, -0.2) is 164 Å². The highest BCUT2D eigenvalue weighted by molar-refractivity contribution is 6.03. The number of primary amides is 1. The summed E-state index contributed by atoms with van der Waals surface area (Å²) in [7, 11) is 0. The van der Waals surface area contributed by atoms with Crippen LogP contribution in [0, 0.1) is 5.92 Å². The minimum Gasteiger partial charge on any atom is -0.394 e. The van der Waals surface area contributed by atoms with Gasteiger partial charge in [0.15, 0.2) is 6.29 Å². The molecule has 14 atom stereocenters. The standard InChI is InChI=1S/C27H44N5O15/c1-9(28)25(42)32(26(43)10(2)45-23-18(31-12(4)37)27(44)47-16(8-35)20(23)39)14(24(29)41)5-13(6-33)22-17(30-11(3)36)21(40)19(38)15(7-34)46-22/h9-10,13-23,27,34-35,38-40,44H,5,7-8,28H2,1-4H3,(H2,29,41)(H,30,36)(H,31,37)/t9-,10?,13?,14+,15+,16+,17+,18+,19+,20+,21+,22?,23+,27-/m0/s1. The van der Waals surface area contributed by atoms with Gasteiger partial charge in [-0.15, -0.1) is 0 Å². The van der Waals surface area contributed by atoms with Gasteiger partial charge in [0.05, 0.1) is 37.3 Å². The average molecular weight is 679 g/mol. The van der Waals surface area contributed by atoms with E-state index in [0.29, 0.717) is 4.90 Å². The Morgan fingerprint density at radius 3 is 1.87 bits per heavy atom. The zero-order valence-corrected chi connectivity index (χ0v) is 26.2. The van der Waals surface area contributed by atoms with E-state index in [1.165, 1.54) is 6.92 Å². The predicted molar refractivity (Wildman–Crippen MR) is 154 cm³/mol. The highest BCUT2D eigenvalue weighted by atomic mass is 16.6. The molecule has 5 amide bonds. The fourth-order valence-corrected chi connectivity index (χ4v) is 5.49. The first-order valence-corrected chi connectivity index (χ1v) is 14.7. The lowest BCUT2D eigenvalue weighted by Gasteiger charge is -2.45. The zero-order valence-electron chi connectivity index (χ0n) is 26.2. The molecular formula is C27H44N5O15. The van der Waals surface area contributed by atoms with Crippen molar-refractivity contribution in [2.24, 2.45) is 17.4 Å². The van der Waals surface area contributed by atoms with E-state index in [1.807, 2.05) is 0 Å². The quantitative estimate of drug-likeness (QED) is 0.0816. The zero-order chi connectivity index (χ0) is 35.9. The van der Waals surface area contributed by atoms with Crippen LogP contribution in [0.5, 0.6) is 0 Å². The Kier molecular flexibility index (Phi) is 14.7. The second-order valence-corrected chi connectivity index (χ2v) is 11.5. The summed E-state index contributed by atoms with van der Waals surface area (Å²) in [5, 5.41) is 66.0. The van der Waals surface area contributed by atoms with E-state index in [0.717, 1.165) is 20.8 Å². The molecule has 2 aliphatic rings. The number of amides is 5. The van der Waals surface area contributed by atoms with Crippen molar-refractivity contribution in [2.45, 2.75) is 113 Å². The summed E-state index contributed by atoms with van der Waals surface area (Å²) in [6.45, 7) is 2.78. The third kappa shape index (κ3) is 9.47. The Hall–Kier alpha value is -3.18. The Labute approximate surface area is 269 Å². The van der Waals surface area contributed by atoms with Gasteiger partial charge in [-0.05, 0) is 20.3 Å². The van der Waals surface area contributed by atoms with Crippen molar-refractivity contribution in [2.75, 3.05) is 13.2 Å². The number of carbonyl (C=O) groups excluding carboxylic acids is 6. The fraction of sp³-hybridized carbons (Fsp3) is 0.778. The van der Waals surface area contributed by atoms with Crippen LogP contribution in [0.4, 0.5) is 0 Å². The largest absolute Gasteiger partial charge is 0.394 e. The lowest BCUT2D eigenvalue weighted by atomic mass is 9.83. The molecule has 0 bridgehead atoms. The Balaban J connectivity index is 2.50. The molecule has 267 valence electrons. The number of hydrogen-bond acceptors (Lipinski definition) is 16. The number of nitrogens with two attached hydrogens (primary N) is 2. The smallest absolute Gasteiger partial charge is 0.258 e. The highest BCUT2D eigenvalue weighted by Crippen LogP contribution is 2.30. The van der Waals surface area contributed by atoms with Crippen LogP contribution in [0.25, 0.3) is 0 Å². The maximum Gasteiger partial charge on any atom is 0.258 e. The number of aliphatic hydroxyl groups is 6. The number of carbonyl (C=O) groups is 5. The minimum atomic E-state index is -1.97. The Bertz CT molecular complexity index is 1140. The summed E-state index contributed by atoms with van der Waals surface area (Å²) in [4.78, 5) is 76.3. The van der Waals surface area contributed by atoms with E-state index >= 15 is 0 Å². The molecule has 0 aromatic heterocycles. The molecule has 2 fully saturated rings. The number of imide groups is 1. The van der Waals surface area contributed by atoms with Crippen molar-refractivity contribution < 1.29 is 73.6 Å². The van der Waals surface area contributed by atoms with Gasteiger partial charge in [0.2, 0.25) is 29.9 Å². The molecule has 47 heavy (non-hydrogen) atoms. The SMILES string of the molecule is CC(=O)N[C@@H]1[C@@H](OC(C)C(=O)N(C(=O)[C@H](C)N)[C@H](CC([C]=O)C2O[C@H](CO)[C@@H](O)[C@H](O)[C@H]2NC(C)=O)C(N)=O)[C@H](O)[C@@H](CO)O[C@@H]1O. The molecule has 12 N–H and O–H groups in total. The first-order chi connectivity index (χ1) is 21.9. The summed E-state index contributed by atoms with van der Waals surface area (Å²) in [6.07, 6.45) is -14.1. The predicted octanol–water partition coefficient (Wildman–Crippen LogP) is -7.01. The molecule has 2 heterocycles. The number of nitrogens with one attached hydrogen (secondary N) is 2. The van der Waals surface area contributed by atoms with Gasteiger partial charge in [0.1, 0.15) is 54.8 Å².